The maximum Gasteiger partial charge on any atom is 0.398 e. The van der Waals surface area contributed by atoms with Gasteiger partial charge in [-0.05, 0) is 48.1 Å². The van der Waals surface area contributed by atoms with Gasteiger partial charge in [0.05, 0.1) is 24.3 Å². The van der Waals surface area contributed by atoms with E-state index in [9.17, 15) is 19.8 Å². The average molecular weight is 381 g/mol. The highest BCUT2D eigenvalue weighted by Crippen LogP contribution is 2.48. The van der Waals surface area contributed by atoms with Crippen molar-refractivity contribution in [2.24, 2.45) is 0 Å². The molecule has 0 radical (unpaired) electrons. The number of carbonyl (C=O) groups is 2. The van der Waals surface area contributed by atoms with Crippen molar-refractivity contribution in [1.29, 1.82) is 0 Å². The van der Waals surface area contributed by atoms with Gasteiger partial charge < -0.3 is 15.1 Å². The molecule has 1 unspecified atom stereocenters. The molecule has 28 heavy (non-hydrogen) atoms. The van der Waals surface area contributed by atoms with E-state index in [1.807, 2.05) is 18.2 Å². The van der Waals surface area contributed by atoms with E-state index >= 15 is 0 Å². The molecule has 2 N–H and O–H groups in total. The van der Waals surface area contributed by atoms with Gasteiger partial charge in [-0.25, -0.2) is 9.86 Å². The zero-order chi connectivity index (χ0) is 19.9. The van der Waals surface area contributed by atoms with Crippen LogP contribution in [0.25, 0.3) is 0 Å². The average Bonchev–Trinajstić information content (AvgIpc) is 3.29. The third kappa shape index (κ3) is 2.76. The molecule has 2 aromatic rings. The minimum atomic E-state index is -0.951. The number of hydrogen-bond acceptors (Lipinski definition) is 6. The first-order chi connectivity index (χ1) is 13.5. The van der Waals surface area contributed by atoms with Crippen LogP contribution in [0.5, 0.6) is 5.75 Å². The van der Waals surface area contributed by atoms with Crippen LogP contribution in [0.1, 0.15) is 42.0 Å². The maximum atomic E-state index is 12.1. The molecule has 4 rings (SSSR count). The first-order valence-corrected chi connectivity index (χ1v) is 9.58. The summed E-state index contributed by atoms with van der Waals surface area (Å²) in [4.78, 5) is 29.1. The number of Topliss-reactive ketones (excluding diaryl/α,β-unsaturated/α-hetero) is 1. The molecule has 1 aliphatic carbocycles. The summed E-state index contributed by atoms with van der Waals surface area (Å²) >= 11 is 0. The Balaban J connectivity index is 1.80. The Kier molecular flexibility index (Phi) is 4.59. The molecule has 1 atom stereocenters. The number of hydroxylamine groups is 1. The van der Waals surface area contributed by atoms with Crippen molar-refractivity contribution in [3.05, 3.63) is 58.7 Å². The van der Waals surface area contributed by atoms with Crippen molar-refractivity contribution in [2.75, 3.05) is 18.2 Å². The van der Waals surface area contributed by atoms with Gasteiger partial charge in [-0.1, -0.05) is 31.2 Å². The number of carbonyl (C=O) groups excluding carboxylic acids is 2. The van der Waals surface area contributed by atoms with Crippen LogP contribution >= 0.6 is 0 Å². The van der Waals surface area contributed by atoms with Gasteiger partial charge >= 0.3 is 5.97 Å². The van der Waals surface area contributed by atoms with Crippen LogP contribution in [-0.2, 0) is 32.7 Å². The van der Waals surface area contributed by atoms with E-state index < -0.39 is 17.2 Å². The van der Waals surface area contributed by atoms with Gasteiger partial charge in [-0.15, -0.1) is 0 Å². The molecule has 6 heteroatoms. The standard InChI is InChI=1S/C22H23NO5/c1-2-19(25)21(27)28-23-12-22(13-24,16-8-3-4-9-18(16)23)17-10-14-6-5-7-15(14)11-20(17)26/h3-4,8-11,24,26H,2,5-7,12-13H2,1H3. The summed E-state index contributed by atoms with van der Waals surface area (Å²) < 4.78 is 0. The summed E-state index contributed by atoms with van der Waals surface area (Å²) in [5.74, 6) is -1.41. The lowest BCUT2D eigenvalue weighted by molar-refractivity contribution is -0.154. The molecule has 0 bridgehead atoms. The monoisotopic (exact) mass is 381 g/mol. The van der Waals surface area contributed by atoms with Gasteiger partial charge in [0.15, 0.2) is 0 Å². The number of rotatable bonds is 5. The normalized spacial score (nSPS) is 20.0. The molecule has 0 fully saturated rings. The lowest BCUT2D eigenvalue weighted by atomic mass is 9.75. The van der Waals surface area contributed by atoms with Crippen LogP contribution in [0.4, 0.5) is 5.69 Å². The van der Waals surface area contributed by atoms with Crippen LogP contribution in [0, 0.1) is 0 Å². The number of anilines is 1. The summed E-state index contributed by atoms with van der Waals surface area (Å²) in [6.45, 7) is 1.45. The molecule has 1 heterocycles. The molecule has 6 nitrogen and oxygen atoms in total. The highest BCUT2D eigenvalue weighted by Gasteiger charge is 2.47. The van der Waals surface area contributed by atoms with E-state index in [0.29, 0.717) is 11.3 Å². The lowest BCUT2D eigenvalue weighted by Crippen LogP contribution is -2.39. The highest BCUT2D eigenvalue weighted by molar-refractivity contribution is 6.33. The van der Waals surface area contributed by atoms with Gasteiger partial charge in [-0.2, -0.15) is 0 Å². The highest BCUT2D eigenvalue weighted by atomic mass is 16.7. The zero-order valence-electron chi connectivity index (χ0n) is 15.8. The number of phenols is 1. The topological polar surface area (TPSA) is 87.1 Å². The number of aromatic hydroxyl groups is 1. The fourth-order valence-electron chi connectivity index (χ4n) is 4.33. The molecule has 146 valence electrons. The number of ketones is 1. The second-order valence-corrected chi connectivity index (χ2v) is 7.44. The Morgan fingerprint density at radius 1 is 1.14 bits per heavy atom. The number of nitrogens with zero attached hydrogens (tertiary/aromatic N) is 1. The molecule has 0 amide bonds. The van der Waals surface area contributed by atoms with Crippen LogP contribution in [0.15, 0.2) is 36.4 Å². The van der Waals surface area contributed by atoms with Gasteiger partial charge in [0.1, 0.15) is 5.75 Å². The summed E-state index contributed by atoms with van der Waals surface area (Å²) in [6, 6.07) is 11.0. The van der Waals surface area contributed by atoms with E-state index in [0.717, 1.165) is 30.4 Å². The number of hydrogen-bond donors (Lipinski definition) is 2. The number of aliphatic hydroxyl groups is 1. The fraction of sp³-hybridized carbons (Fsp3) is 0.364. The smallest absolute Gasteiger partial charge is 0.398 e. The third-order valence-electron chi connectivity index (χ3n) is 5.84. The largest absolute Gasteiger partial charge is 0.508 e. The fourth-order valence-corrected chi connectivity index (χ4v) is 4.33. The molecule has 0 saturated carbocycles. The van der Waals surface area contributed by atoms with Crippen molar-refractivity contribution >= 4 is 17.4 Å². The molecule has 2 aromatic carbocycles. The molecule has 0 spiro atoms. The summed E-state index contributed by atoms with van der Waals surface area (Å²) in [5, 5.41) is 22.6. The molecule has 0 saturated heterocycles. The minimum Gasteiger partial charge on any atom is -0.508 e. The predicted molar refractivity (Wildman–Crippen MR) is 103 cm³/mol. The Bertz CT molecular complexity index is 954. The van der Waals surface area contributed by atoms with Crippen LogP contribution in [-0.4, -0.2) is 35.1 Å². The predicted octanol–water partition coefficient (Wildman–Crippen LogP) is 2.42. The number of phenolic OH excluding ortho intramolecular Hbond substituents is 1. The van der Waals surface area contributed by atoms with Crippen LogP contribution in [0.2, 0.25) is 0 Å². The van der Waals surface area contributed by atoms with E-state index in [2.05, 4.69) is 0 Å². The Labute approximate surface area is 163 Å². The summed E-state index contributed by atoms with van der Waals surface area (Å²) in [7, 11) is 0. The number of fused-ring (bicyclic) bond motifs is 2. The second kappa shape index (κ2) is 6.95. The minimum absolute atomic E-state index is 0.0606. The van der Waals surface area contributed by atoms with E-state index in [1.165, 1.54) is 10.6 Å². The number of para-hydroxylation sites is 1. The van der Waals surface area contributed by atoms with Gasteiger partial charge in [0, 0.05) is 12.0 Å². The number of aryl methyl sites for hydroxylation is 2. The Hall–Kier alpha value is -2.86. The van der Waals surface area contributed by atoms with Crippen molar-refractivity contribution < 1.29 is 24.6 Å². The van der Waals surface area contributed by atoms with Gasteiger partial charge in [0.25, 0.3) is 0 Å². The second-order valence-electron chi connectivity index (χ2n) is 7.44. The Morgan fingerprint density at radius 3 is 2.57 bits per heavy atom. The zero-order valence-corrected chi connectivity index (χ0v) is 15.8. The lowest BCUT2D eigenvalue weighted by Gasteiger charge is -2.30. The quantitative estimate of drug-likeness (QED) is 0.774. The molecule has 0 aromatic heterocycles. The molecule has 2 aliphatic rings. The molecular weight excluding hydrogens is 358 g/mol. The van der Waals surface area contributed by atoms with Gasteiger partial charge in [0.2, 0.25) is 5.78 Å². The number of benzene rings is 2. The van der Waals surface area contributed by atoms with Crippen molar-refractivity contribution in [2.45, 2.75) is 38.0 Å². The van der Waals surface area contributed by atoms with Crippen LogP contribution < -0.4 is 5.06 Å². The third-order valence-corrected chi connectivity index (χ3v) is 5.84. The summed E-state index contributed by atoms with van der Waals surface area (Å²) in [6.07, 6.45) is 2.99. The molecular formula is C22H23NO5. The SMILES string of the molecule is CCC(=O)C(=O)ON1CC(CO)(c2cc3c(cc2O)CCC3)c2ccccc21. The van der Waals surface area contributed by atoms with E-state index in [-0.39, 0.29) is 25.3 Å². The molecule has 1 aliphatic heterocycles. The van der Waals surface area contributed by atoms with E-state index in [1.54, 1.807) is 25.1 Å². The first kappa shape index (κ1) is 18.5. The maximum absolute atomic E-state index is 12.1. The van der Waals surface area contributed by atoms with Gasteiger partial charge in [-0.3, -0.25) is 4.79 Å². The van der Waals surface area contributed by atoms with Crippen molar-refractivity contribution in [3.63, 3.8) is 0 Å². The van der Waals surface area contributed by atoms with Crippen molar-refractivity contribution in [1.82, 2.24) is 0 Å². The van der Waals surface area contributed by atoms with E-state index in [4.69, 9.17) is 4.84 Å². The summed E-state index contributed by atoms with van der Waals surface area (Å²) in [5.41, 5.74) is 3.33. The number of aliphatic hydroxyl groups excluding tert-OH is 1. The van der Waals surface area contributed by atoms with Crippen LogP contribution in [0.3, 0.4) is 0 Å². The van der Waals surface area contributed by atoms with Crippen molar-refractivity contribution in [3.8, 4) is 5.75 Å². The first-order valence-electron chi connectivity index (χ1n) is 9.58. The Morgan fingerprint density at radius 2 is 1.86 bits per heavy atom.